The molecule has 0 fully saturated rings. The van der Waals surface area contributed by atoms with Crippen LogP contribution in [0.4, 0.5) is 4.39 Å². The van der Waals surface area contributed by atoms with E-state index in [1.165, 1.54) is 0 Å². The third-order valence-corrected chi connectivity index (χ3v) is 7.68. The van der Waals surface area contributed by atoms with Crippen molar-refractivity contribution in [1.29, 1.82) is 0 Å². The van der Waals surface area contributed by atoms with Gasteiger partial charge in [0, 0.05) is 0 Å². The molecular formula is C11H21FOSi. The Balaban J connectivity index is 4.67. The Morgan fingerprint density at radius 1 is 1.29 bits per heavy atom. The summed E-state index contributed by atoms with van der Waals surface area (Å²) in [4.78, 5) is 0. The summed E-state index contributed by atoms with van der Waals surface area (Å²) in [6, 6.07) is 2.99. The zero-order valence-electron chi connectivity index (χ0n) is 9.69. The largest absolute Gasteiger partial charge is 0.399 e. The van der Waals surface area contributed by atoms with Crippen LogP contribution in [0.3, 0.4) is 0 Å². The molecule has 0 rings (SSSR count). The molecule has 0 heterocycles. The van der Waals surface area contributed by atoms with E-state index in [4.69, 9.17) is 10.8 Å². The molecule has 0 aliphatic heterocycles. The van der Waals surface area contributed by atoms with Crippen LogP contribution >= 0.6 is 0 Å². The summed E-state index contributed by atoms with van der Waals surface area (Å²) in [5, 5.41) is 0. The van der Waals surface area contributed by atoms with Gasteiger partial charge in [-0.2, -0.15) is 0 Å². The van der Waals surface area contributed by atoms with Crippen LogP contribution in [-0.2, 0) is 4.43 Å². The fraction of sp³-hybridized carbons (Fsp3) is 0.818. The van der Waals surface area contributed by atoms with Crippen molar-refractivity contribution in [2.75, 3.05) is 6.67 Å². The van der Waals surface area contributed by atoms with Crippen LogP contribution in [0, 0.1) is 12.3 Å². The van der Waals surface area contributed by atoms with Crippen molar-refractivity contribution in [2.45, 2.75) is 51.4 Å². The van der Waals surface area contributed by atoms with Gasteiger partial charge < -0.3 is 4.43 Å². The molecule has 0 saturated carbocycles. The molecule has 0 N–H and O–H groups in total. The van der Waals surface area contributed by atoms with E-state index >= 15 is 0 Å². The molecule has 0 aliphatic carbocycles. The van der Waals surface area contributed by atoms with E-state index in [9.17, 15) is 4.39 Å². The smallest absolute Gasteiger partial charge is 0.194 e. The average Bonchev–Trinajstić information content (AvgIpc) is 2.26. The number of terminal acetylenes is 1. The van der Waals surface area contributed by atoms with E-state index in [0.717, 1.165) is 18.1 Å². The number of rotatable bonds is 6. The fourth-order valence-corrected chi connectivity index (χ4v) is 4.54. The maximum absolute atomic E-state index is 12.7. The van der Waals surface area contributed by atoms with Crippen LogP contribution < -0.4 is 0 Å². The highest BCUT2D eigenvalue weighted by atomic mass is 28.4. The third kappa shape index (κ3) is 3.11. The molecule has 0 radical (unpaired) electrons. The maximum Gasteiger partial charge on any atom is 0.194 e. The summed E-state index contributed by atoms with van der Waals surface area (Å²) in [5.74, 6) is 2.42. The van der Waals surface area contributed by atoms with Crippen molar-refractivity contribution in [1.82, 2.24) is 0 Å². The lowest BCUT2D eigenvalue weighted by molar-refractivity contribution is 0.104. The first-order valence-corrected chi connectivity index (χ1v) is 7.78. The van der Waals surface area contributed by atoms with E-state index in [1.807, 2.05) is 0 Å². The minimum atomic E-state index is -1.78. The first-order chi connectivity index (χ1) is 6.51. The van der Waals surface area contributed by atoms with Crippen molar-refractivity contribution in [3.05, 3.63) is 0 Å². The molecule has 0 bridgehead atoms. The van der Waals surface area contributed by atoms with E-state index in [1.54, 1.807) is 6.92 Å². The van der Waals surface area contributed by atoms with Gasteiger partial charge >= 0.3 is 0 Å². The third-order valence-electron chi connectivity index (χ3n) is 2.94. The highest BCUT2D eigenvalue weighted by molar-refractivity contribution is 6.73. The first-order valence-electron chi connectivity index (χ1n) is 5.25. The molecule has 0 aromatic carbocycles. The molecule has 14 heavy (non-hydrogen) atoms. The molecule has 0 amide bonds. The molecule has 0 aliphatic rings. The van der Waals surface area contributed by atoms with Crippen molar-refractivity contribution in [3.8, 4) is 12.3 Å². The highest BCUT2D eigenvalue weighted by Crippen LogP contribution is 2.27. The summed E-state index contributed by atoms with van der Waals surface area (Å²) < 4.78 is 18.6. The zero-order valence-corrected chi connectivity index (χ0v) is 10.7. The van der Waals surface area contributed by atoms with Crippen LogP contribution in [0.5, 0.6) is 0 Å². The van der Waals surface area contributed by atoms with Crippen molar-refractivity contribution in [2.24, 2.45) is 0 Å². The molecule has 0 aromatic rings. The van der Waals surface area contributed by atoms with Crippen molar-refractivity contribution >= 4 is 8.32 Å². The summed E-state index contributed by atoms with van der Waals surface area (Å²) in [5.41, 5.74) is -1.01. The SMILES string of the molecule is C#C[C@](C)(CF)O[Si](CC)(CC)CC. The molecular weight excluding hydrogens is 195 g/mol. The van der Waals surface area contributed by atoms with Gasteiger partial charge in [-0.25, -0.2) is 4.39 Å². The predicted octanol–water partition coefficient (Wildman–Crippen LogP) is 3.37. The van der Waals surface area contributed by atoms with E-state index in [0.29, 0.717) is 0 Å². The number of alkyl halides is 1. The lowest BCUT2D eigenvalue weighted by atomic mass is 10.1. The average molecular weight is 216 g/mol. The van der Waals surface area contributed by atoms with Crippen molar-refractivity contribution < 1.29 is 8.82 Å². The van der Waals surface area contributed by atoms with Crippen LogP contribution in [0.25, 0.3) is 0 Å². The lowest BCUT2D eigenvalue weighted by Crippen LogP contribution is -2.46. The number of hydrogen-bond acceptors (Lipinski definition) is 1. The predicted molar refractivity (Wildman–Crippen MR) is 61.5 cm³/mol. The van der Waals surface area contributed by atoms with Gasteiger partial charge in [0.05, 0.1) is 0 Å². The molecule has 0 unspecified atom stereocenters. The normalized spacial score (nSPS) is 16.0. The van der Waals surface area contributed by atoms with Gasteiger partial charge in [0.15, 0.2) is 8.32 Å². The number of hydrogen-bond donors (Lipinski definition) is 0. The van der Waals surface area contributed by atoms with E-state index < -0.39 is 20.6 Å². The quantitative estimate of drug-likeness (QED) is 0.488. The molecule has 0 saturated heterocycles. The van der Waals surface area contributed by atoms with Crippen LogP contribution in [-0.4, -0.2) is 20.6 Å². The minimum Gasteiger partial charge on any atom is -0.399 e. The Bertz CT molecular complexity index is 200. The fourth-order valence-electron chi connectivity index (χ4n) is 1.54. The molecule has 0 spiro atoms. The summed E-state index contributed by atoms with van der Waals surface area (Å²) in [6.07, 6.45) is 5.30. The second-order valence-corrected chi connectivity index (χ2v) is 8.55. The standard InChI is InChI=1S/C11H21FOSi/c1-6-11(5,10-12)13-14(7-2,8-3)9-4/h1H,7-10H2,2-5H3/t11-/m1/s1. The minimum absolute atomic E-state index is 0.599. The second-order valence-electron chi connectivity index (χ2n) is 3.85. The molecule has 3 heteroatoms. The first kappa shape index (κ1) is 13.7. The number of halogens is 1. The summed E-state index contributed by atoms with van der Waals surface area (Å²) in [7, 11) is -1.78. The van der Waals surface area contributed by atoms with Gasteiger partial charge in [0.1, 0.15) is 12.3 Å². The van der Waals surface area contributed by atoms with Crippen LogP contribution in [0.15, 0.2) is 0 Å². The Morgan fingerprint density at radius 3 is 1.93 bits per heavy atom. The summed E-state index contributed by atoms with van der Waals surface area (Å²) >= 11 is 0. The highest BCUT2D eigenvalue weighted by Gasteiger charge is 2.37. The van der Waals surface area contributed by atoms with Crippen LogP contribution in [0.1, 0.15) is 27.7 Å². The van der Waals surface area contributed by atoms with E-state index in [2.05, 4.69) is 26.7 Å². The lowest BCUT2D eigenvalue weighted by Gasteiger charge is -2.35. The Hall–Kier alpha value is -0.333. The molecule has 1 nitrogen and oxygen atoms in total. The monoisotopic (exact) mass is 216 g/mol. The van der Waals surface area contributed by atoms with Crippen molar-refractivity contribution in [3.63, 3.8) is 0 Å². The van der Waals surface area contributed by atoms with E-state index in [-0.39, 0.29) is 0 Å². The van der Waals surface area contributed by atoms with Crippen LogP contribution in [0.2, 0.25) is 18.1 Å². The Kier molecular flexibility index (Phi) is 5.39. The van der Waals surface area contributed by atoms with Gasteiger partial charge in [-0.15, -0.1) is 6.42 Å². The van der Waals surface area contributed by atoms with Gasteiger partial charge in [0.2, 0.25) is 0 Å². The van der Waals surface area contributed by atoms with Gasteiger partial charge in [0.25, 0.3) is 0 Å². The van der Waals surface area contributed by atoms with Gasteiger partial charge in [-0.3, -0.25) is 0 Å². The Labute approximate surface area is 88.2 Å². The second kappa shape index (κ2) is 5.52. The molecule has 82 valence electrons. The van der Waals surface area contributed by atoms with Gasteiger partial charge in [-0.05, 0) is 25.1 Å². The zero-order chi connectivity index (χ0) is 11.2. The molecule has 0 aromatic heterocycles. The van der Waals surface area contributed by atoms with Gasteiger partial charge in [-0.1, -0.05) is 26.7 Å². The topological polar surface area (TPSA) is 9.23 Å². The summed E-state index contributed by atoms with van der Waals surface area (Å²) in [6.45, 7) is 7.38. The Morgan fingerprint density at radius 2 is 1.71 bits per heavy atom. The molecule has 1 atom stereocenters. The maximum atomic E-state index is 12.7.